The Morgan fingerprint density at radius 1 is 1.33 bits per heavy atom. The van der Waals surface area contributed by atoms with Crippen LogP contribution in [-0.2, 0) is 11.3 Å². The summed E-state index contributed by atoms with van der Waals surface area (Å²) in [5.74, 6) is 2.57. The van der Waals surface area contributed by atoms with Crippen LogP contribution in [0, 0.1) is 26.7 Å². The van der Waals surface area contributed by atoms with Crippen LogP contribution in [0.25, 0.3) is 11.5 Å². The number of methoxy groups -OCH3 is 1. The van der Waals surface area contributed by atoms with Gasteiger partial charge in [-0.25, -0.2) is 4.98 Å². The zero-order valence-corrected chi connectivity index (χ0v) is 16.9. The predicted molar refractivity (Wildman–Crippen MR) is 105 cm³/mol. The van der Waals surface area contributed by atoms with Crippen molar-refractivity contribution in [2.24, 2.45) is 5.92 Å². The molecule has 1 N–H and O–H groups in total. The molecule has 0 spiro atoms. The number of benzene rings is 1. The Labute approximate surface area is 160 Å². The third-order valence-corrected chi connectivity index (χ3v) is 5.45. The van der Waals surface area contributed by atoms with E-state index in [1.807, 2.05) is 32.9 Å². The van der Waals surface area contributed by atoms with Crippen LogP contribution in [0.4, 0.5) is 0 Å². The summed E-state index contributed by atoms with van der Waals surface area (Å²) in [7, 11) is 1.68. The van der Waals surface area contributed by atoms with Gasteiger partial charge in [0.15, 0.2) is 0 Å². The van der Waals surface area contributed by atoms with E-state index in [4.69, 9.17) is 14.1 Å². The Morgan fingerprint density at radius 3 is 2.81 bits per heavy atom. The number of nitrogens with zero attached hydrogens (tertiary/aromatic N) is 2. The summed E-state index contributed by atoms with van der Waals surface area (Å²) in [5, 5.41) is 2.92. The van der Waals surface area contributed by atoms with Gasteiger partial charge in [0, 0.05) is 25.2 Å². The minimum Gasteiger partial charge on any atom is -0.496 e. The van der Waals surface area contributed by atoms with Crippen LogP contribution >= 0.6 is 0 Å². The molecule has 1 aliphatic heterocycles. The van der Waals surface area contributed by atoms with Crippen LogP contribution in [0.5, 0.6) is 5.75 Å². The molecule has 3 rings (SSSR count). The Kier molecular flexibility index (Phi) is 5.85. The fourth-order valence-corrected chi connectivity index (χ4v) is 3.66. The van der Waals surface area contributed by atoms with Crippen molar-refractivity contribution in [3.8, 4) is 17.2 Å². The fraction of sp³-hybridized carbons (Fsp3) is 0.524. The maximum atomic E-state index is 12.0. The van der Waals surface area contributed by atoms with Crippen LogP contribution in [-0.4, -0.2) is 42.5 Å². The quantitative estimate of drug-likeness (QED) is 0.844. The number of aromatic nitrogens is 1. The van der Waals surface area contributed by atoms with Gasteiger partial charge >= 0.3 is 0 Å². The van der Waals surface area contributed by atoms with Gasteiger partial charge in [0.1, 0.15) is 11.5 Å². The van der Waals surface area contributed by atoms with Crippen LogP contribution in [0.2, 0.25) is 0 Å². The van der Waals surface area contributed by atoms with Crippen molar-refractivity contribution in [2.75, 3.05) is 26.7 Å². The van der Waals surface area contributed by atoms with Crippen molar-refractivity contribution in [2.45, 2.75) is 40.7 Å². The Hall–Kier alpha value is -2.34. The number of carbonyl (C=O) groups is 1. The van der Waals surface area contributed by atoms with E-state index in [1.165, 1.54) is 0 Å². The summed E-state index contributed by atoms with van der Waals surface area (Å²) in [6.45, 7) is 11.1. The van der Waals surface area contributed by atoms with Crippen LogP contribution in [0.1, 0.15) is 35.9 Å². The van der Waals surface area contributed by atoms with Crippen molar-refractivity contribution in [3.05, 3.63) is 34.7 Å². The number of aryl methyl sites for hydroxylation is 1. The molecule has 6 nitrogen and oxygen atoms in total. The van der Waals surface area contributed by atoms with Gasteiger partial charge in [-0.1, -0.05) is 0 Å². The number of nitrogens with one attached hydrogen (secondary N) is 1. The smallest absolute Gasteiger partial charge is 0.226 e. The Morgan fingerprint density at radius 2 is 2.11 bits per heavy atom. The molecule has 1 amide bonds. The summed E-state index contributed by atoms with van der Waals surface area (Å²) in [6.07, 6.45) is 0.895. The molecule has 1 unspecified atom stereocenters. The molecule has 2 heterocycles. The second-order valence-electron chi connectivity index (χ2n) is 7.20. The molecular formula is C21H29N3O3. The van der Waals surface area contributed by atoms with Crippen LogP contribution in [0.3, 0.4) is 0 Å². The van der Waals surface area contributed by atoms with Crippen molar-refractivity contribution >= 4 is 5.91 Å². The van der Waals surface area contributed by atoms with Gasteiger partial charge in [0.05, 0.1) is 18.7 Å². The second-order valence-corrected chi connectivity index (χ2v) is 7.20. The summed E-state index contributed by atoms with van der Waals surface area (Å²) in [5.41, 5.74) is 4.13. The number of rotatable bonds is 6. The average Bonchev–Trinajstić information content (AvgIpc) is 3.25. The first kappa shape index (κ1) is 19.4. The van der Waals surface area contributed by atoms with Crippen molar-refractivity contribution in [3.63, 3.8) is 0 Å². The minimum absolute atomic E-state index is 0.0723. The summed E-state index contributed by atoms with van der Waals surface area (Å²) in [4.78, 5) is 19.1. The Bertz CT molecular complexity index is 828. The maximum absolute atomic E-state index is 12.0. The summed E-state index contributed by atoms with van der Waals surface area (Å²) in [6, 6.07) is 3.95. The number of oxazole rings is 1. The maximum Gasteiger partial charge on any atom is 0.226 e. The Balaban J connectivity index is 1.74. The van der Waals surface area contributed by atoms with E-state index in [9.17, 15) is 4.79 Å². The van der Waals surface area contributed by atoms with Gasteiger partial charge in [-0.05, 0) is 63.9 Å². The zero-order chi connectivity index (χ0) is 19.6. The predicted octanol–water partition coefficient (Wildman–Crippen LogP) is 3.23. The molecule has 1 saturated heterocycles. The van der Waals surface area contributed by atoms with E-state index in [1.54, 1.807) is 7.11 Å². The first-order chi connectivity index (χ1) is 12.9. The molecule has 1 aromatic carbocycles. The van der Waals surface area contributed by atoms with E-state index in [0.29, 0.717) is 19.0 Å². The van der Waals surface area contributed by atoms with Crippen molar-refractivity contribution < 1.29 is 13.9 Å². The lowest BCUT2D eigenvalue weighted by Gasteiger charge is -2.14. The molecule has 0 aliphatic carbocycles. The lowest BCUT2D eigenvalue weighted by molar-refractivity contribution is -0.124. The van der Waals surface area contributed by atoms with Crippen LogP contribution in [0.15, 0.2) is 16.5 Å². The highest BCUT2D eigenvalue weighted by molar-refractivity contribution is 5.79. The van der Waals surface area contributed by atoms with Gasteiger partial charge in [0.2, 0.25) is 11.8 Å². The monoisotopic (exact) mass is 371 g/mol. The highest BCUT2D eigenvalue weighted by atomic mass is 16.5. The molecule has 1 aromatic heterocycles. The molecule has 1 aliphatic rings. The first-order valence-electron chi connectivity index (χ1n) is 9.55. The van der Waals surface area contributed by atoms with Gasteiger partial charge in [-0.15, -0.1) is 0 Å². The minimum atomic E-state index is 0.0723. The molecule has 0 bridgehead atoms. The highest BCUT2D eigenvalue weighted by Crippen LogP contribution is 2.32. The molecular weight excluding hydrogens is 342 g/mol. The zero-order valence-electron chi connectivity index (χ0n) is 16.9. The lowest BCUT2D eigenvalue weighted by atomic mass is 10.0. The molecule has 6 heteroatoms. The number of hydrogen-bond acceptors (Lipinski definition) is 5. The number of hydrogen-bond donors (Lipinski definition) is 1. The topological polar surface area (TPSA) is 67.6 Å². The van der Waals surface area contributed by atoms with Crippen LogP contribution < -0.4 is 10.1 Å². The first-order valence-corrected chi connectivity index (χ1v) is 9.55. The van der Waals surface area contributed by atoms with Gasteiger partial charge < -0.3 is 14.5 Å². The molecule has 27 heavy (non-hydrogen) atoms. The van der Waals surface area contributed by atoms with E-state index in [0.717, 1.165) is 53.4 Å². The normalized spacial score (nSPS) is 17.3. The fourth-order valence-electron chi connectivity index (χ4n) is 3.66. The van der Waals surface area contributed by atoms with E-state index in [2.05, 4.69) is 17.1 Å². The third kappa shape index (κ3) is 4.00. The molecule has 1 fully saturated rings. The van der Waals surface area contributed by atoms with E-state index >= 15 is 0 Å². The molecule has 146 valence electrons. The second kappa shape index (κ2) is 8.13. The van der Waals surface area contributed by atoms with Gasteiger partial charge in [-0.3, -0.25) is 9.69 Å². The molecule has 0 saturated carbocycles. The lowest BCUT2D eigenvalue weighted by Crippen LogP contribution is -2.32. The summed E-state index contributed by atoms with van der Waals surface area (Å²) >= 11 is 0. The SMILES string of the molecule is CCNC(=O)C1CCN(Cc2nc(-c3ccc(OC)c(C)c3C)oc2C)C1. The molecule has 2 aromatic rings. The van der Waals surface area contributed by atoms with Gasteiger partial charge in [0.25, 0.3) is 0 Å². The summed E-state index contributed by atoms with van der Waals surface area (Å²) < 4.78 is 11.4. The molecule has 1 atom stereocenters. The average molecular weight is 371 g/mol. The number of likely N-dealkylation sites (tertiary alicyclic amines) is 1. The van der Waals surface area contributed by atoms with Gasteiger partial charge in [-0.2, -0.15) is 0 Å². The third-order valence-electron chi connectivity index (χ3n) is 5.45. The van der Waals surface area contributed by atoms with E-state index in [-0.39, 0.29) is 11.8 Å². The number of carbonyl (C=O) groups excluding carboxylic acids is 1. The van der Waals surface area contributed by atoms with E-state index < -0.39 is 0 Å². The standard InChI is InChI=1S/C21H29N3O3/c1-6-22-20(25)16-9-10-24(11-16)12-18-15(4)27-21(23-18)17-7-8-19(26-5)14(3)13(17)2/h7-8,16H,6,9-12H2,1-5H3,(H,22,25). The highest BCUT2D eigenvalue weighted by Gasteiger charge is 2.29. The van der Waals surface area contributed by atoms with Crippen molar-refractivity contribution in [1.29, 1.82) is 0 Å². The number of ether oxygens (including phenoxy) is 1. The number of amides is 1. The van der Waals surface area contributed by atoms with Crippen molar-refractivity contribution in [1.82, 2.24) is 15.2 Å². The largest absolute Gasteiger partial charge is 0.496 e. The molecule has 0 radical (unpaired) electrons.